The van der Waals surface area contributed by atoms with Gasteiger partial charge in [0.15, 0.2) is 11.5 Å². The van der Waals surface area contributed by atoms with Crippen LogP contribution in [0.15, 0.2) is 42.5 Å². The van der Waals surface area contributed by atoms with Crippen LogP contribution in [0.25, 0.3) is 0 Å². The predicted molar refractivity (Wildman–Crippen MR) is 114 cm³/mol. The quantitative estimate of drug-likeness (QED) is 0.729. The molecule has 0 aliphatic carbocycles. The fraction of sp³-hybridized carbons (Fsp3) is 0.391. The van der Waals surface area contributed by atoms with Crippen LogP contribution in [0.3, 0.4) is 0 Å². The van der Waals surface area contributed by atoms with Crippen molar-refractivity contribution in [2.75, 3.05) is 40.4 Å². The van der Waals surface area contributed by atoms with Gasteiger partial charge in [-0.3, -0.25) is 9.59 Å². The van der Waals surface area contributed by atoms with Gasteiger partial charge >= 0.3 is 0 Å². The van der Waals surface area contributed by atoms with Crippen LogP contribution in [-0.4, -0.2) is 68.1 Å². The van der Waals surface area contributed by atoms with E-state index < -0.39 is 0 Å². The Kier molecular flexibility index (Phi) is 6.82. The zero-order valence-corrected chi connectivity index (χ0v) is 17.9. The monoisotopic (exact) mass is 412 g/mol. The second kappa shape index (κ2) is 9.52. The molecule has 1 aliphatic heterocycles. The summed E-state index contributed by atoms with van der Waals surface area (Å²) in [6.07, 6.45) is 0.00986. The normalized spacial score (nSPS) is 13.9. The fourth-order valence-corrected chi connectivity index (χ4v) is 3.39. The van der Waals surface area contributed by atoms with Gasteiger partial charge in [-0.1, -0.05) is 6.07 Å². The predicted octanol–water partition coefficient (Wildman–Crippen LogP) is 3.09. The minimum atomic E-state index is -0.0853. The topological polar surface area (TPSA) is 68.3 Å². The molecule has 1 heterocycles. The summed E-state index contributed by atoms with van der Waals surface area (Å²) in [4.78, 5) is 29.2. The fourth-order valence-electron chi connectivity index (χ4n) is 3.39. The molecule has 7 heteroatoms. The zero-order valence-electron chi connectivity index (χ0n) is 17.9. The van der Waals surface area contributed by atoms with Crippen LogP contribution in [0.4, 0.5) is 0 Å². The number of methoxy groups -OCH3 is 2. The third-order valence-corrected chi connectivity index (χ3v) is 4.94. The lowest BCUT2D eigenvalue weighted by atomic mass is 10.1. The van der Waals surface area contributed by atoms with Crippen molar-refractivity contribution in [1.82, 2.24) is 9.80 Å². The van der Waals surface area contributed by atoms with E-state index in [0.717, 1.165) is 0 Å². The van der Waals surface area contributed by atoms with Gasteiger partial charge in [0.25, 0.3) is 11.8 Å². The van der Waals surface area contributed by atoms with Gasteiger partial charge in [-0.2, -0.15) is 0 Å². The largest absolute Gasteiger partial charge is 0.497 e. The highest BCUT2D eigenvalue weighted by atomic mass is 16.5. The Bertz CT molecular complexity index is 904. The molecule has 1 fully saturated rings. The minimum Gasteiger partial charge on any atom is -0.497 e. The van der Waals surface area contributed by atoms with Crippen molar-refractivity contribution < 1.29 is 23.8 Å². The van der Waals surface area contributed by atoms with E-state index in [1.165, 1.54) is 0 Å². The first kappa shape index (κ1) is 21.5. The molecule has 3 rings (SSSR count). The summed E-state index contributed by atoms with van der Waals surface area (Å²) in [5.41, 5.74) is 1.12. The smallest absolute Gasteiger partial charge is 0.254 e. The first-order chi connectivity index (χ1) is 14.4. The van der Waals surface area contributed by atoms with Crippen LogP contribution in [-0.2, 0) is 0 Å². The molecule has 0 aromatic heterocycles. The second-order valence-corrected chi connectivity index (χ2v) is 7.35. The molecule has 2 aromatic carbocycles. The average Bonchev–Trinajstić information content (AvgIpc) is 2.78. The molecule has 1 saturated heterocycles. The SMILES string of the molecule is COc1cccc(C(=O)N2CCN(C(=O)c3ccc(OC(C)C)c(OC)c3)CC2)c1. The van der Waals surface area contributed by atoms with E-state index >= 15 is 0 Å². The summed E-state index contributed by atoms with van der Waals surface area (Å²) >= 11 is 0. The van der Waals surface area contributed by atoms with Crippen LogP contribution >= 0.6 is 0 Å². The molecule has 0 unspecified atom stereocenters. The van der Waals surface area contributed by atoms with Gasteiger partial charge in [0.05, 0.1) is 20.3 Å². The minimum absolute atomic E-state index is 0.00986. The van der Waals surface area contributed by atoms with Crippen LogP contribution in [0.2, 0.25) is 0 Å². The first-order valence-corrected chi connectivity index (χ1v) is 10.00. The van der Waals surface area contributed by atoms with E-state index in [4.69, 9.17) is 14.2 Å². The molecule has 2 aromatic rings. The van der Waals surface area contributed by atoms with Gasteiger partial charge in [0, 0.05) is 37.3 Å². The molecule has 30 heavy (non-hydrogen) atoms. The molecule has 0 bridgehead atoms. The Morgan fingerprint density at radius 1 is 0.800 bits per heavy atom. The first-order valence-electron chi connectivity index (χ1n) is 10.00. The van der Waals surface area contributed by atoms with Crippen molar-refractivity contribution in [1.29, 1.82) is 0 Å². The number of carbonyl (C=O) groups excluding carboxylic acids is 2. The number of hydrogen-bond acceptors (Lipinski definition) is 5. The maximum atomic E-state index is 12.9. The summed E-state index contributed by atoms with van der Waals surface area (Å²) in [5.74, 6) is 1.64. The Morgan fingerprint density at radius 2 is 1.40 bits per heavy atom. The molecule has 0 radical (unpaired) electrons. The van der Waals surface area contributed by atoms with Crippen LogP contribution in [0.1, 0.15) is 34.6 Å². The van der Waals surface area contributed by atoms with Gasteiger partial charge < -0.3 is 24.0 Å². The van der Waals surface area contributed by atoms with Crippen molar-refractivity contribution >= 4 is 11.8 Å². The highest BCUT2D eigenvalue weighted by molar-refractivity contribution is 5.96. The third-order valence-electron chi connectivity index (χ3n) is 4.94. The summed E-state index contributed by atoms with van der Waals surface area (Å²) < 4.78 is 16.3. The molecule has 2 amide bonds. The average molecular weight is 412 g/mol. The van der Waals surface area contributed by atoms with E-state index in [1.54, 1.807) is 66.5 Å². The van der Waals surface area contributed by atoms with E-state index in [9.17, 15) is 9.59 Å². The lowest BCUT2D eigenvalue weighted by molar-refractivity contribution is 0.0535. The molecular weight excluding hydrogens is 384 g/mol. The Hall–Kier alpha value is -3.22. The summed E-state index contributed by atoms with van der Waals surface area (Å²) in [5, 5.41) is 0. The van der Waals surface area contributed by atoms with E-state index in [-0.39, 0.29) is 17.9 Å². The van der Waals surface area contributed by atoms with Gasteiger partial charge in [-0.25, -0.2) is 0 Å². The molecule has 0 saturated carbocycles. The Morgan fingerprint density at radius 3 is 1.93 bits per heavy atom. The standard InChI is InChI=1S/C23H28N2O5/c1-16(2)30-20-9-8-18(15-21(20)29-4)23(27)25-12-10-24(11-13-25)22(26)17-6-5-7-19(14-17)28-3/h5-9,14-16H,10-13H2,1-4H3. The number of benzene rings is 2. The van der Waals surface area contributed by atoms with Crippen LogP contribution in [0.5, 0.6) is 17.2 Å². The summed E-state index contributed by atoms with van der Waals surface area (Å²) in [6, 6.07) is 12.3. The van der Waals surface area contributed by atoms with Crippen LogP contribution < -0.4 is 14.2 Å². The number of piperazine rings is 1. The number of amides is 2. The second-order valence-electron chi connectivity index (χ2n) is 7.35. The molecule has 160 valence electrons. The van der Waals surface area contributed by atoms with Crippen LogP contribution in [0, 0.1) is 0 Å². The van der Waals surface area contributed by atoms with Crippen molar-refractivity contribution in [3.8, 4) is 17.2 Å². The van der Waals surface area contributed by atoms with E-state index in [0.29, 0.717) is 54.6 Å². The molecule has 0 spiro atoms. The van der Waals surface area contributed by atoms with Gasteiger partial charge in [0.2, 0.25) is 0 Å². The molecule has 1 aliphatic rings. The number of ether oxygens (including phenoxy) is 3. The third kappa shape index (κ3) is 4.84. The van der Waals surface area contributed by atoms with Gasteiger partial charge in [-0.05, 0) is 50.2 Å². The maximum Gasteiger partial charge on any atom is 0.254 e. The highest BCUT2D eigenvalue weighted by Crippen LogP contribution is 2.29. The Balaban J connectivity index is 1.64. The molecule has 0 N–H and O–H groups in total. The zero-order chi connectivity index (χ0) is 21.7. The van der Waals surface area contributed by atoms with Crippen molar-refractivity contribution in [3.63, 3.8) is 0 Å². The van der Waals surface area contributed by atoms with Crippen molar-refractivity contribution in [2.45, 2.75) is 20.0 Å². The maximum absolute atomic E-state index is 12.9. The van der Waals surface area contributed by atoms with E-state index in [2.05, 4.69) is 0 Å². The lowest BCUT2D eigenvalue weighted by Crippen LogP contribution is -2.50. The van der Waals surface area contributed by atoms with Crippen molar-refractivity contribution in [2.24, 2.45) is 0 Å². The van der Waals surface area contributed by atoms with Gasteiger partial charge in [0.1, 0.15) is 5.75 Å². The molecule has 0 atom stereocenters. The number of rotatable bonds is 6. The molecular formula is C23H28N2O5. The molecule has 7 nitrogen and oxygen atoms in total. The lowest BCUT2D eigenvalue weighted by Gasteiger charge is -2.35. The number of hydrogen-bond donors (Lipinski definition) is 0. The number of carbonyl (C=O) groups is 2. The summed E-state index contributed by atoms with van der Waals surface area (Å²) in [7, 11) is 3.13. The van der Waals surface area contributed by atoms with E-state index in [1.807, 2.05) is 13.8 Å². The van der Waals surface area contributed by atoms with Gasteiger partial charge in [-0.15, -0.1) is 0 Å². The highest BCUT2D eigenvalue weighted by Gasteiger charge is 2.26. The summed E-state index contributed by atoms with van der Waals surface area (Å²) in [6.45, 7) is 5.78. The van der Waals surface area contributed by atoms with Crippen molar-refractivity contribution in [3.05, 3.63) is 53.6 Å². The number of nitrogens with zero attached hydrogens (tertiary/aromatic N) is 2. The Labute approximate surface area is 177 Å².